The van der Waals surface area contributed by atoms with Gasteiger partial charge in [-0.15, -0.1) is 0 Å². The summed E-state index contributed by atoms with van der Waals surface area (Å²) in [6.07, 6.45) is 4.90. The summed E-state index contributed by atoms with van der Waals surface area (Å²) >= 11 is 0. The standard InChI is InChI=1S/C16H23N3/c1-15(2,3)19-14-16(10-6-7-11-16)18-13-9-5-4-8-12(13)17-14/h4-5,8-9,18H,6-7,10-11H2,1-3H3,(H,17,19). The first-order valence-electron chi connectivity index (χ1n) is 7.23. The monoisotopic (exact) mass is 257 g/mol. The lowest BCUT2D eigenvalue weighted by molar-refractivity contribution is 0.558. The van der Waals surface area contributed by atoms with E-state index in [0.29, 0.717) is 0 Å². The predicted octanol–water partition coefficient (Wildman–Crippen LogP) is 4.03. The van der Waals surface area contributed by atoms with Crippen LogP contribution < -0.4 is 10.6 Å². The first-order chi connectivity index (χ1) is 8.99. The Kier molecular flexibility index (Phi) is 2.80. The molecule has 0 unspecified atom stereocenters. The lowest BCUT2D eigenvalue weighted by atomic mass is 9.91. The number of rotatable bonds is 0. The molecule has 1 aliphatic carbocycles. The van der Waals surface area contributed by atoms with Crippen LogP contribution in [0.25, 0.3) is 0 Å². The first-order valence-corrected chi connectivity index (χ1v) is 7.23. The molecule has 0 atom stereocenters. The highest BCUT2D eigenvalue weighted by atomic mass is 15.2. The highest BCUT2D eigenvalue weighted by Crippen LogP contribution is 2.40. The fourth-order valence-electron chi connectivity index (χ4n) is 3.08. The molecule has 0 bridgehead atoms. The van der Waals surface area contributed by atoms with Gasteiger partial charge in [0.15, 0.2) is 0 Å². The number of para-hydroxylation sites is 2. The van der Waals surface area contributed by atoms with E-state index >= 15 is 0 Å². The van der Waals surface area contributed by atoms with E-state index in [9.17, 15) is 0 Å². The zero-order valence-corrected chi connectivity index (χ0v) is 12.1. The summed E-state index contributed by atoms with van der Waals surface area (Å²) in [5, 5.41) is 7.33. The highest BCUT2D eigenvalue weighted by Gasteiger charge is 2.42. The molecule has 2 aliphatic rings. The Morgan fingerprint density at radius 2 is 1.68 bits per heavy atom. The molecule has 0 aromatic heterocycles. The molecule has 1 spiro atoms. The number of aliphatic imine (C=N–C) groups is 1. The van der Waals surface area contributed by atoms with Gasteiger partial charge in [-0.25, -0.2) is 0 Å². The van der Waals surface area contributed by atoms with Crippen LogP contribution in [0.15, 0.2) is 29.3 Å². The van der Waals surface area contributed by atoms with E-state index in [1.165, 1.54) is 31.4 Å². The number of anilines is 2. The van der Waals surface area contributed by atoms with Crippen molar-refractivity contribution < 1.29 is 0 Å². The van der Waals surface area contributed by atoms with Crippen LogP contribution in [0, 0.1) is 0 Å². The second kappa shape index (κ2) is 4.26. The van der Waals surface area contributed by atoms with Gasteiger partial charge in [-0.05, 0) is 45.7 Å². The van der Waals surface area contributed by atoms with E-state index in [4.69, 9.17) is 4.99 Å². The molecule has 1 saturated carbocycles. The number of benzene rings is 1. The normalized spacial score (nSPS) is 23.0. The number of fused-ring (bicyclic) bond motifs is 1. The first kappa shape index (κ1) is 12.5. The predicted molar refractivity (Wildman–Crippen MR) is 82.1 cm³/mol. The number of nitrogens with one attached hydrogen (secondary N) is 2. The van der Waals surface area contributed by atoms with Gasteiger partial charge in [-0.1, -0.05) is 25.0 Å². The fourth-order valence-corrected chi connectivity index (χ4v) is 3.08. The van der Waals surface area contributed by atoms with Crippen LogP contribution in [0.3, 0.4) is 0 Å². The number of nitrogens with zero attached hydrogens (tertiary/aromatic N) is 1. The van der Waals surface area contributed by atoms with Gasteiger partial charge in [0.2, 0.25) is 0 Å². The third-order valence-electron chi connectivity index (χ3n) is 3.91. The number of hydrogen-bond acceptors (Lipinski definition) is 2. The molecule has 3 rings (SSSR count). The van der Waals surface area contributed by atoms with Crippen molar-refractivity contribution in [3.8, 4) is 0 Å². The number of hydrogen-bond donors (Lipinski definition) is 2. The average molecular weight is 257 g/mol. The molecular formula is C16H23N3. The molecule has 1 fully saturated rings. The Morgan fingerprint density at radius 1 is 1.05 bits per heavy atom. The maximum Gasteiger partial charge on any atom is 0.127 e. The van der Waals surface area contributed by atoms with Crippen LogP contribution in [0.5, 0.6) is 0 Å². The molecule has 1 heterocycles. The minimum absolute atomic E-state index is 0.0294. The minimum Gasteiger partial charge on any atom is -0.371 e. The van der Waals surface area contributed by atoms with Crippen LogP contribution in [0.1, 0.15) is 46.5 Å². The van der Waals surface area contributed by atoms with Gasteiger partial charge in [-0.3, -0.25) is 4.99 Å². The van der Waals surface area contributed by atoms with E-state index in [1.54, 1.807) is 0 Å². The van der Waals surface area contributed by atoms with E-state index in [1.807, 2.05) is 0 Å². The topological polar surface area (TPSA) is 36.4 Å². The third kappa shape index (κ3) is 2.34. The van der Waals surface area contributed by atoms with Gasteiger partial charge in [0.1, 0.15) is 5.84 Å². The Hall–Kier alpha value is -1.51. The lowest BCUT2D eigenvalue weighted by Gasteiger charge is -2.40. The summed E-state index contributed by atoms with van der Waals surface area (Å²) in [5.74, 6) is 1.12. The summed E-state index contributed by atoms with van der Waals surface area (Å²) in [4.78, 5) is 4.95. The SMILES string of the molecule is CC(C)(C)N=C1Nc2ccccc2NC12CCCC2. The summed E-state index contributed by atoms with van der Waals surface area (Å²) in [7, 11) is 0. The van der Waals surface area contributed by atoms with Gasteiger partial charge >= 0.3 is 0 Å². The molecule has 1 aromatic rings. The second-order valence-corrected chi connectivity index (χ2v) is 6.72. The van der Waals surface area contributed by atoms with Gasteiger partial charge in [0, 0.05) is 0 Å². The third-order valence-corrected chi connectivity index (χ3v) is 3.91. The van der Waals surface area contributed by atoms with Crippen molar-refractivity contribution in [3.05, 3.63) is 24.3 Å². The van der Waals surface area contributed by atoms with Crippen molar-refractivity contribution in [1.82, 2.24) is 0 Å². The minimum atomic E-state index is -0.0497. The second-order valence-electron chi connectivity index (χ2n) is 6.72. The van der Waals surface area contributed by atoms with Crippen molar-refractivity contribution in [2.24, 2.45) is 4.99 Å². The van der Waals surface area contributed by atoms with E-state index < -0.39 is 0 Å². The van der Waals surface area contributed by atoms with Crippen LogP contribution in [0.2, 0.25) is 0 Å². The van der Waals surface area contributed by atoms with Crippen molar-refractivity contribution >= 4 is 17.2 Å². The van der Waals surface area contributed by atoms with Crippen molar-refractivity contribution in [2.75, 3.05) is 10.6 Å². The molecule has 1 aliphatic heterocycles. The van der Waals surface area contributed by atoms with Gasteiger partial charge in [0.25, 0.3) is 0 Å². The van der Waals surface area contributed by atoms with Gasteiger partial charge in [0.05, 0.1) is 22.5 Å². The molecule has 19 heavy (non-hydrogen) atoms. The largest absolute Gasteiger partial charge is 0.371 e. The molecule has 0 saturated heterocycles. The zero-order chi connectivity index (χ0) is 13.5. The fraction of sp³-hybridized carbons (Fsp3) is 0.562. The Morgan fingerprint density at radius 3 is 2.32 bits per heavy atom. The van der Waals surface area contributed by atoms with Gasteiger partial charge < -0.3 is 10.6 Å². The van der Waals surface area contributed by atoms with Crippen molar-refractivity contribution in [3.63, 3.8) is 0 Å². The van der Waals surface area contributed by atoms with E-state index in [2.05, 4.69) is 55.7 Å². The Balaban J connectivity index is 2.05. The van der Waals surface area contributed by atoms with E-state index in [-0.39, 0.29) is 11.1 Å². The molecule has 2 N–H and O–H groups in total. The number of amidine groups is 1. The quantitative estimate of drug-likeness (QED) is 0.736. The average Bonchev–Trinajstić information content (AvgIpc) is 2.78. The van der Waals surface area contributed by atoms with E-state index in [0.717, 1.165) is 11.5 Å². The maximum atomic E-state index is 4.95. The summed E-state index contributed by atoms with van der Waals surface area (Å²) in [5.41, 5.74) is 2.33. The van der Waals surface area contributed by atoms with Gasteiger partial charge in [-0.2, -0.15) is 0 Å². The maximum absolute atomic E-state index is 4.95. The molecule has 3 heteroatoms. The van der Waals surface area contributed by atoms with Crippen LogP contribution >= 0.6 is 0 Å². The zero-order valence-electron chi connectivity index (χ0n) is 12.1. The molecular weight excluding hydrogens is 234 g/mol. The molecule has 0 amide bonds. The highest BCUT2D eigenvalue weighted by molar-refractivity contribution is 6.09. The summed E-state index contributed by atoms with van der Waals surface area (Å²) in [6.45, 7) is 6.47. The molecule has 1 aromatic carbocycles. The van der Waals surface area contributed by atoms with Crippen molar-refractivity contribution in [2.45, 2.75) is 57.5 Å². The molecule has 102 valence electrons. The molecule has 0 radical (unpaired) electrons. The molecule has 3 nitrogen and oxygen atoms in total. The Bertz CT molecular complexity index is 505. The van der Waals surface area contributed by atoms with Crippen LogP contribution in [-0.4, -0.2) is 16.9 Å². The van der Waals surface area contributed by atoms with Crippen molar-refractivity contribution in [1.29, 1.82) is 0 Å². The van der Waals surface area contributed by atoms with Crippen LogP contribution in [-0.2, 0) is 0 Å². The Labute approximate surface area is 115 Å². The lowest BCUT2D eigenvalue weighted by Crippen LogP contribution is -2.51. The summed E-state index contributed by atoms with van der Waals surface area (Å²) < 4.78 is 0. The smallest absolute Gasteiger partial charge is 0.127 e. The summed E-state index contributed by atoms with van der Waals surface area (Å²) in [6, 6.07) is 8.41. The van der Waals surface area contributed by atoms with Crippen LogP contribution in [0.4, 0.5) is 11.4 Å².